The summed E-state index contributed by atoms with van der Waals surface area (Å²) < 4.78 is 55.7. The predicted molar refractivity (Wildman–Crippen MR) is 275 cm³/mol. The molecule has 19 heteroatoms. The first-order valence-electron chi connectivity index (χ1n) is 26.2. The monoisotopic (exact) mass is 1020 g/mol. The van der Waals surface area contributed by atoms with E-state index in [-0.39, 0.29) is 59.9 Å². The number of pyridine rings is 1. The number of hydrogen-bond donors (Lipinski definition) is 4. The Balaban J connectivity index is 0.813. The Labute approximate surface area is 424 Å². The van der Waals surface area contributed by atoms with E-state index in [0.717, 1.165) is 87.5 Å². The van der Waals surface area contributed by atoms with Gasteiger partial charge in [0.05, 0.1) is 58.6 Å². The van der Waals surface area contributed by atoms with Crippen molar-refractivity contribution in [1.29, 1.82) is 0 Å². The molecule has 7 aliphatic rings. The summed E-state index contributed by atoms with van der Waals surface area (Å²) >= 11 is 0. The van der Waals surface area contributed by atoms with Crippen molar-refractivity contribution in [3.8, 4) is 17.4 Å². The number of para-hydroxylation sites is 1. The molecule has 2 saturated carbocycles. The molecule has 5 fully saturated rings. The van der Waals surface area contributed by atoms with Gasteiger partial charge in [0.25, 0.3) is 21.6 Å². The van der Waals surface area contributed by atoms with Gasteiger partial charge in [0.1, 0.15) is 29.8 Å². The molecule has 18 nitrogen and oxygen atoms in total. The van der Waals surface area contributed by atoms with Gasteiger partial charge in [-0.15, -0.1) is 0 Å². The van der Waals surface area contributed by atoms with Crippen LogP contribution in [0.3, 0.4) is 0 Å². The Bertz CT molecular complexity index is 3030. The Kier molecular flexibility index (Phi) is 12.4. The van der Waals surface area contributed by atoms with Gasteiger partial charge in [0.2, 0.25) is 5.88 Å². The van der Waals surface area contributed by atoms with Crippen molar-refractivity contribution in [2.75, 3.05) is 54.6 Å². The second-order valence-corrected chi connectivity index (χ2v) is 23.5. The number of fused-ring (bicyclic) bond motifs is 4. The number of amides is 1. The molecular weight excluding hydrogens is 953 g/mol. The second-order valence-electron chi connectivity index (χ2n) is 21.8. The fraction of sp³-hybridized carbons (Fsp3) is 0.519. The minimum atomic E-state index is -4.70. The fourth-order valence-corrected chi connectivity index (χ4v) is 14.0. The first kappa shape index (κ1) is 47.8. The lowest BCUT2D eigenvalue weighted by atomic mass is 9.60. The number of nitrogens with zero attached hydrogens (tertiary/aromatic N) is 5. The molecule has 1 spiro atoms. The molecule has 5 aliphatic heterocycles. The standard InChI is InChI=1S/C54H64N8O10S/c1-32(2)71-47-8-4-3-6-40(47)42-7-5-19-60(42)37-27-54(28-37)16-20-59(21-17-54)36-11-14-41(43(24-36)61-45-23-34-15-18-55-51(34)57-53(45)72-49-31-69-30-46(49)61)52(64)58-73(67,68)39-25-44(62(65)66)50-48(26-39)70-29-35(56-50)22-33-9-12-38(63)13-10-33/h3-4,6,8,11,14-15,18,23-26,32-33,35,37-38,42,46,49,56,63H,5,7,9-10,12-13,16-17,19-22,27-31H2,1-2H3,(H,55,57)(H,58,64)/t33?,35-,38?,42+,46-,49-/m1/s1. The molecule has 2 aromatic heterocycles. The van der Waals surface area contributed by atoms with Crippen LogP contribution in [0, 0.1) is 21.4 Å². The molecule has 0 unspecified atom stereocenters. The smallest absolute Gasteiger partial charge is 0.297 e. The summed E-state index contributed by atoms with van der Waals surface area (Å²) in [5.41, 5.74) is 3.85. The second kappa shape index (κ2) is 19.0. The lowest BCUT2D eigenvalue weighted by Crippen LogP contribution is -2.55. The number of aromatic amines is 1. The van der Waals surface area contributed by atoms with E-state index in [4.69, 9.17) is 23.9 Å². The third-order valence-corrected chi connectivity index (χ3v) is 18.1. The van der Waals surface area contributed by atoms with Crippen LogP contribution >= 0.6 is 0 Å². The molecular formula is C54H64N8O10S. The molecule has 0 bridgehead atoms. The van der Waals surface area contributed by atoms with Crippen LogP contribution in [0.5, 0.6) is 17.4 Å². The first-order chi connectivity index (χ1) is 35.3. The zero-order chi connectivity index (χ0) is 50.2. The number of benzene rings is 3. The summed E-state index contributed by atoms with van der Waals surface area (Å²) in [6, 6.07) is 20.4. The van der Waals surface area contributed by atoms with Gasteiger partial charge in [-0.3, -0.25) is 19.8 Å². The van der Waals surface area contributed by atoms with Gasteiger partial charge in [-0.2, -0.15) is 4.98 Å². The minimum absolute atomic E-state index is 0.0158. The summed E-state index contributed by atoms with van der Waals surface area (Å²) in [7, 11) is -4.70. The first-order valence-corrected chi connectivity index (χ1v) is 27.7. The number of likely N-dealkylation sites (tertiary alicyclic amines) is 1. The van der Waals surface area contributed by atoms with E-state index in [1.807, 2.05) is 29.2 Å². The van der Waals surface area contributed by atoms with Crippen LogP contribution in [0.15, 0.2) is 77.8 Å². The largest absolute Gasteiger partial charge is 0.491 e. The highest BCUT2D eigenvalue weighted by atomic mass is 32.2. The van der Waals surface area contributed by atoms with E-state index in [1.165, 1.54) is 18.1 Å². The van der Waals surface area contributed by atoms with Gasteiger partial charge < -0.3 is 44.2 Å². The molecule has 0 radical (unpaired) electrons. The van der Waals surface area contributed by atoms with Gasteiger partial charge in [-0.05, 0) is 139 Å². The normalized spacial score (nSPS) is 25.8. The molecule has 3 saturated heterocycles. The highest BCUT2D eigenvalue weighted by Gasteiger charge is 2.50. The Morgan fingerprint density at radius 2 is 1.79 bits per heavy atom. The van der Waals surface area contributed by atoms with E-state index in [9.17, 15) is 28.4 Å². The van der Waals surface area contributed by atoms with Crippen molar-refractivity contribution in [3.63, 3.8) is 0 Å². The summed E-state index contributed by atoms with van der Waals surface area (Å²) in [6.45, 7) is 7.65. The number of nitro benzene ring substituents is 1. The number of carbonyl (C=O) groups is 1. The topological polar surface area (TPSA) is 214 Å². The summed E-state index contributed by atoms with van der Waals surface area (Å²) in [6.07, 6.45) is 11.7. The van der Waals surface area contributed by atoms with E-state index in [0.29, 0.717) is 66.8 Å². The highest BCUT2D eigenvalue weighted by molar-refractivity contribution is 7.90. The molecule has 386 valence electrons. The number of sulfonamides is 1. The predicted octanol–water partition coefficient (Wildman–Crippen LogP) is 8.38. The Hall–Kier alpha value is -6.15. The number of carbonyl (C=O) groups excluding carboxylic acids is 1. The number of H-pyrrole nitrogens is 1. The summed E-state index contributed by atoms with van der Waals surface area (Å²) in [4.78, 5) is 41.3. The highest BCUT2D eigenvalue weighted by Crippen LogP contribution is 2.55. The molecule has 4 N–H and O–H groups in total. The van der Waals surface area contributed by atoms with Crippen LogP contribution in [-0.2, 0) is 14.8 Å². The SMILES string of the molecule is CC(C)Oc1ccccc1[C@@H]1CCCN1C1CC2(CCN(c3ccc(C(=O)NS(=O)(=O)c4cc5c(c([N+](=O)[O-])c4)N[C@H](CC4CCC(O)CC4)CO5)c(N4c5cc6cc[nH]c6nc5O[C@@H]5COC[C@H]54)c3)CC2)C1. The molecule has 1 amide bonds. The molecule has 5 aromatic rings. The van der Waals surface area contributed by atoms with E-state index < -0.39 is 37.5 Å². The lowest BCUT2D eigenvalue weighted by molar-refractivity contribution is -0.384. The van der Waals surface area contributed by atoms with Gasteiger partial charge in [-0.25, -0.2) is 13.1 Å². The average Bonchev–Trinajstić information content (AvgIpc) is 4.17. The quantitative estimate of drug-likeness (QED) is 0.0683. The number of aromatic nitrogens is 2. The Morgan fingerprint density at radius 1 is 0.986 bits per heavy atom. The van der Waals surface area contributed by atoms with Crippen molar-refractivity contribution < 1.29 is 42.2 Å². The van der Waals surface area contributed by atoms with Gasteiger partial charge in [-0.1, -0.05) is 18.2 Å². The van der Waals surface area contributed by atoms with Crippen molar-refractivity contribution in [3.05, 3.63) is 94.2 Å². The molecule has 4 atom stereocenters. The summed E-state index contributed by atoms with van der Waals surface area (Å²) in [5, 5.41) is 26.6. The van der Waals surface area contributed by atoms with Crippen molar-refractivity contribution >= 4 is 55.4 Å². The minimum Gasteiger partial charge on any atom is -0.491 e. The van der Waals surface area contributed by atoms with Gasteiger partial charge in [0, 0.05) is 60.1 Å². The van der Waals surface area contributed by atoms with E-state index in [2.05, 4.69) is 62.9 Å². The van der Waals surface area contributed by atoms with E-state index >= 15 is 0 Å². The molecule has 12 rings (SSSR count). The maximum Gasteiger partial charge on any atom is 0.297 e. The number of piperidine rings is 1. The van der Waals surface area contributed by atoms with Crippen LogP contribution in [-0.4, -0.2) is 115 Å². The van der Waals surface area contributed by atoms with Gasteiger partial charge in [0.15, 0.2) is 11.4 Å². The number of ether oxygens (including phenoxy) is 4. The number of anilines is 4. The number of aliphatic hydroxyl groups excluding tert-OH is 1. The fourth-order valence-electron chi connectivity index (χ4n) is 13.0. The van der Waals surface area contributed by atoms with Crippen molar-refractivity contribution in [1.82, 2.24) is 19.6 Å². The molecule has 7 heterocycles. The third kappa shape index (κ3) is 9.09. The van der Waals surface area contributed by atoms with Crippen molar-refractivity contribution in [2.45, 2.75) is 132 Å². The van der Waals surface area contributed by atoms with Crippen LogP contribution in [0.1, 0.15) is 106 Å². The van der Waals surface area contributed by atoms with Crippen molar-refractivity contribution in [2.24, 2.45) is 11.3 Å². The lowest BCUT2D eigenvalue weighted by Gasteiger charge is -2.56. The number of rotatable bonds is 12. The van der Waals surface area contributed by atoms with Crippen LogP contribution in [0.4, 0.5) is 28.4 Å². The number of nitrogens with one attached hydrogen (secondary N) is 3. The van der Waals surface area contributed by atoms with Crippen LogP contribution in [0.25, 0.3) is 11.0 Å². The van der Waals surface area contributed by atoms with E-state index in [1.54, 1.807) is 12.3 Å². The number of nitro groups is 1. The third-order valence-electron chi connectivity index (χ3n) is 16.8. The maximum atomic E-state index is 14.8. The number of hydrogen-bond acceptors (Lipinski definition) is 15. The maximum absolute atomic E-state index is 14.8. The van der Waals surface area contributed by atoms with Crippen LogP contribution < -0.4 is 34.0 Å². The summed E-state index contributed by atoms with van der Waals surface area (Å²) in [5.74, 6) is 0.778. The molecule has 3 aromatic carbocycles. The Morgan fingerprint density at radius 3 is 2.59 bits per heavy atom. The molecule has 2 aliphatic carbocycles. The average molecular weight is 1020 g/mol. The number of aliphatic hydroxyl groups is 1. The zero-order valence-electron chi connectivity index (χ0n) is 41.3. The molecule has 73 heavy (non-hydrogen) atoms. The van der Waals surface area contributed by atoms with Crippen LogP contribution in [0.2, 0.25) is 0 Å². The zero-order valence-corrected chi connectivity index (χ0v) is 42.2. The van der Waals surface area contributed by atoms with Gasteiger partial charge >= 0.3 is 0 Å².